The molecule has 0 N–H and O–H groups in total. The second kappa shape index (κ2) is 8.74. The van der Waals surface area contributed by atoms with Gasteiger partial charge in [-0.05, 0) is 0 Å². The monoisotopic (exact) mass is 498 g/mol. The van der Waals surface area contributed by atoms with Crippen LogP contribution in [0.5, 0.6) is 0 Å². The summed E-state index contributed by atoms with van der Waals surface area (Å²) >= 11 is 0. The van der Waals surface area contributed by atoms with Gasteiger partial charge in [0, 0.05) is 18.2 Å². The second-order valence-electron chi connectivity index (χ2n) is 6.56. The zero-order chi connectivity index (χ0) is 26.1. The molecule has 1 rings (SSSR count). The van der Waals surface area contributed by atoms with Crippen molar-refractivity contribution >= 4 is 17.9 Å². The number of hydrogen-bond donors (Lipinski definition) is 0. The molecule has 15 heteroatoms. The Hall–Kier alpha value is -3.00. The Morgan fingerprint density at radius 3 is 1.06 bits per heavy atom. The quantitative estimate of drug-likeness (QED) is 0.210. The minimum atomic E-state index is -6.79. The molecular weight excluding hydrogens is 483 g/mol. The van der Waals surface area contributed by atoms with E-state index in [1.165, 1.54) is 0 Å². The Morgan fingerprint density at radius 2 is 0.758 bits per heavy atom. The molecule has 0 aromatic carbocycles. The first-order valence-electron chi connectivity index (χ1n) is 8.44. The second-order valence-corrected chi connectivity index (χ2v) is 6.56. The molecule has 0 radical (unpaired) electrons. The molecule has 0 aliphatic heterocycles. The highest BCUT2D eigenvalue weighted by Gasteiger charge is 2.99. The van der Waals surface area contributed by atoms with E-state index in [9.17, 15) is 40.7 Å². The standard InChI is InChI=1S/C18H15F9O6/c1-4-10(28)31-7-13(19)14(20,8-32-11(29)5-2)17(24,25)18(26,27)15(21,16(13,22)23)9-33-12(30)6-3/h4-6H,1-3,7-9H2. The molecule has 186 valence electrons. The first-order chi connectivity index (χ1) is 14.9. The summed E-state index contributed by atoms with van der Waals surface area (Å²) in [6, 6.07) is 0. The van der Waals surface area contributed by atoms with E-state index in [0.717, 1.165) is 0 Å². The number of carbonyl (C=O) groups is 3. The number of esters is 3. The van der Waals surface area contributed by atoms with Crippen molar-refractivity contribution in [2.75, 3.05) is 19.8 Å². The van der Waals surface area contributed by atoms with Crippen LogP contribution in [0.1, 0.15) is 0 Å². The van der Waals surface area contributed by atoms with E-state index in [4.69, 9.17) is 0 Å². The number of alkyl halides is 9. The van der Waals surface area contributed by atoms with Crippen LogP contribution in [0.25, 0.3) is 0 Å². The van der Waals surface area contributed by atoms with Crippen LogP contribution in [0.3, 0.4) is 0 Å². The first-order valence-corrected chi connectivity index (χ1v) is 8.44. The fraction of sp³-hybridized carbons (Fsp3) is 0.500. The lowest BCUT2D eigenvalue weighted by molar-refractivity contribution is -0.445. The molecule has 0 heterocycles. The van der Waals surface area contributed by atoms with Crippen molar-refractivity contribution in [1.82, 2.24) is 0 Å². The van der Waals surface area contributed by atoms with E-state index in [-0.39, 0.29) is 18.2 Å². The summed E-state index contributed by atoms with van der Waals surface area (Å²) in [5.41, 5.74) is -17.8. The van der Waals surface area contributed by atoms with Crippen LogP contribution in [0.2, 0.25) is 0 Å². The summed E-state index contributed by atoms with van der Waals surface area (Å²) < 4.78 is 145. The van der Waals surface area contributed by atoms with Crippen LogP contribution in [-0.2, 0) is 28.6 Å². The lowest BCUT2D eigenvalue weighted by atomic mass is 9.61. The van der Waals surface area contributed by atoms with E-state index in [1.807, 2.05) is 0 Å². The zero-order valence-electron chi connectivity index (χ0n) is 16.3. The van der Waals surface area contributed by atoms with Crippen molar-refractivity contribution in [1.29, 1.82) is 0 Å². The normalized spacial score (nSPS) is 31.5. The van der Waals surface area contributed by atoms with Crippen LogP contribution < -0.4 is 0 Å². The van der Waals surface area contributed by atoms with Crippen LogP contribution in [0.15, 0.2) is 38.0 Å². The number of ether oxygens (including phenoxy) is 3. The van der Waals surface area contributed by atoms with Gasteiger partial charge >= 0.3 is 35.7 Å². The molecule has 0 aromatic heterocycles. The van der Waals surface area contributed by atoms with E-state index in [1.54, 1.807) is 0 Å². The predicted octanol–water partition coefficient (Wildman–Crippen LogP) is 3.22. The third-order valence-corrected chi connectivity index (χ3v) is 4.75. The Morgan fingerprint density at radius 1 is 0.515 bits per heavy atom. The fourth-order valence-electron chi connectivity index (χ4n) is 2.79. The summed E-state index contributed by atoms with van der Waals surface area (Å²) in [7, 11) is 0. The van der Waals surface area contributed by atoms with Crippen LogP contribution in [0.4, 0.5) is 39.5 Å². The van der Waals surface area contributed by atoms with E-state index >= 15 is 13.2 Å². The highest BCUT2D eigenvalue weighted by Crippen LogP contribution is 2.68. The number of hydrogen-bond acceptors (Lipinski definition) is 6. The summed E-state index contributed by atoms with van der Waals surface area (Å²) in [4.78, 5) is 33.3. The molecule has 1 aliphatic rings. The topological polar surface area (TPSA) is 78.9 Å². The van der Waals surface area contributed by atoms with Crippen molar-refractivity contribution in [2.24, 2.45) is 0 Å². The largest absolute Gasteiger partial charge is 0.459 e. The molecule has 1 saturated carbocycles. The average Bonchev–Trinajstić information content (AvgIpc) is 2.76. The Kier molecular flexibility index (Phi) is 7.43. The number of rotatable bonds is 9. The van der Waals surface area contributed by atoms with Crippen molar-refractivity contribution in [2.45, 2.75) is 34.8 Å². The van der Waals surface area contributed by atoms with Gasteiger partial charge in [0.25, 0.3) is 17.0 Å². The Bertz CT molecular complexity index is 860. The molecule has 1 fully saturated rings. The highest BCUT2D eigenvalue weighted by atomic mass is 19.3. The summed E-state index contributed by atoms with van der Waals surface area (Å²) in [6.07, 6.45) is 0.471. The molecule has 6 nitrogen and oxygen atoms in total. The van der Waals surface area contributed by atoms with Crippen molar-refractivity contribution in [3.63, 3.8) is 0 Å². The summed E-state index contributed by atoms with van der Waals surface area (Å²) in [6.45, 7) is -0.264. The molecule has 0 saturated heterocycles. The molecule has 3 unspecified atom stereocenters. The summed E-state index contributed by atoms with van der Waals surface area (Å²) in [5, 5.41) is 0. The van der Waals surface area contributed by atoms with Crippen molar-refractivity contribution in [3.05, 3.63) is 38.0 Å². The highest BCUT2D eigenvalue weighted by molar-refractivity contribution is 5.82. The molecule has 0 aromatic rings. The molecule has 3 atom stereocenters. The van der Waals surface area contributed by atoms with Gasteiger partial charge < -0.3 is 14.2 Å². The first kappa shape index (κ1) is 28.0. The summed E-state index contributed by atoms with van der Waals surface area (Å²) in [5.74, 6) is -25.5. The van der Waals surface area contributed by atoms with Gasteiger partial charge in [-0.25, -0.2) is 27.6 Å². The minimum absolute atomic E-state index is 0.142. The molecule has 1 aliphatic carbocycles. The van der Waals surface area contributed by atoms with Crippen molar-refractivity contribution in [3.8, 4) is 0 Å². The molecule has 33 heavy (non-hydrogen) atoms. The van der Waals surface area contributed by atoms with Gasteiger partial charge in [0.05, 0.1) is 0 Å². The fourth-order valence-corrected chi connectivity index (χ4v) is 2.79. The van der Waals surface area contributed by atoms with E-state index < -0.39 is 72.5 Å². The lowest BCUT2D eigenvalue weighted by Gasteiger charge is -2.57. The third-order valence-electron chi connectivity index (χ3n) is 4.75. The maximum absolute atomic E-state index is 15.5. The van der Waals surface area contributed by atoms with E-state index in [2.05, 4.69) is 33.9 Å². The van der Waals surface area contributed by atoms with Gasteiger partial charge in [-0.3, -0.25) is 0 Å². The third kappa shape index (κ3) is 3.76. The Balaban J connectivity index is 3.86. The SMILES string of the molecule is C=CC(=O)OCC1(F)C(F)(F)C(F)(F)C(F)(COC(=O)C=C)C(F)(COC(=O)C=C)C1(F)F. The Labute approximate surface area is 179 Å². The van der Waals surface area contributed by atoms with Crippen LogP contribution >= 0.6 is 0 Å². The van der Waals surface area contributed by atoms with Gasteiger partial charge in [0.15, 0.2) is 0 Å². The predicted molar refractivity (Wildman–Crippen MR) is 89.8 cm³/mol. The van der Waals surface area contributed by atoms with Gasteiger partial charge in [-0.1, -0.05) is 19.7 Å². The molecule has 0 amide bonds. The van der Waals surface area contributed by atoms with Gasteiger partial charge in [-0.2, -0.15) is 26.3 Å². The average molecular weight is 498 g/mol. The number of carbonyl (C=O) groups excluding carboxylic acids is 3. The molecule has 0 bridgehead atoms. The number of halogens is 9. The minimum Gasteiger partial charge on any atom is -0.459 e. The zero-order valence-corrected chi connectivity index (χ0v) is 16.3. The van der Waals surface area contributed by atoms with Crippen LogP contribution in [-0.4, -0.2) is 72.5 Å². The molecular formula is C18H15F9O6. The van der Waals surface area contributed by atoms with E-state index in [0.29, 0.717) is 0 Å². The smallest absolute Gasteiger partial charge is 0.356 e. The lowest BCUT2D eigenvalue weighted by Crippen LogP contribution is -2.88. The van der Waals surface area contributed by atoms with Crippen LogP contribution in [0, 0.1) is 0 Å². The maximum atomic E-state index is 15.5. The molecule has 0 spiro atoms. The maximum Gasteiger partial charge on any atom is 0.356 e. The van der Waals surface area contributed by atoms with Crippen molar-refractivity contribution < 1.29 is 68.1 Å². The van der Waals surface area contributed by atoms with Gasteiger partial charge in [0.1, 0.15) is 19.8 Å². The van der Waals surface area contributed by atoms with Gasteiger partial charge in [0.2, 0.25) is 0 Å². The van der Waals surface area contributed by atoms with Gasteiger partial charge in [-0.15, -0.1) is 0 Å².